The average molecular weight is 293 g/mol. The Labute approximate surface area is 126 Å². The number of hydrogen-bond acceptors (Lipinski definition) is 3. The lowest BCUT2D eigenvalue weighted by Crippen LogP contribution is -2.18. The maximum absolute atomic E-state index is 12.0. The SMILES string of the molecule is CCC(C)Oc1cccc(NC(=O)CC2(CS)CC2)c1. The van der Waals surface area contributed by atoms with Gasteiger partial charge in [-0.3, -0.25) is 4.79 Å². The van der Waals surface area contributed by atoms with E-state index in [-0.39, 0.29) is 17.4 Å². The summed E-state index contributed by atoms with van der Waals surface area (Å²) in [6, 6.07) is 7.59. The van der Waals surface area contributed by atoms with Gasteiger partial charge in [0.15, 0.2) is 0 Å². The Hall–Kier alpha value is -1.16. The van der Waals surface area contributed by atoms with Crippen LogP contribution in [0.1, 0.15) is 39.5 Å². The van der Waals surface area contributed by atoms with E-state index in [2.05, 4.69) is 24.9 Å². The van der Waals surface area contributed by atoms with E-state index in [1.54, 1.807) is 0 Å². The van der Waals surface area contributed by atoms with Crippen LogP contribution >= 0.6 is 12.6 Å². The zero-order valence-electron chi connectivity index (χ0n) is 12.2. The number of hydrogen-bond donors (Lipinski definition) is 2. The molecule has 1 amide bonds. The van der Waals surface area contributed by atoms with Crippen LogP contribution in [-0.4, -0.2) is 17.8 Å². The van der Waals surface area contributed by atoms with Gasteiger partial charge in [0.2, 0.25) is 5.91 Å². The fourth-order valence-corrected chi connectivity index (χ4v) is 2.50. The van der Waals surface area contributed by atoms with Crippen LogP contribution in [0.15, 0.2) is 24.3 Å². The van der Waals surface area contributed by atoms with E-state index >= 15 is 0 Å². The van der Waals surface area contributed by atoms with E-state index in [1.807, 2.05) is 31.2 Å². The molecule has 1 aromatic carbocycles. The first-order chi connectivity index (χ1) is 9.57. The molecule has 4 heteroatoms. The summed E-state index contributed by atoms with van der Waals surface area (Å²) in [5, 5.41) is 2.95. The van der Waals surface area contributed by atoms with Crippen molar-refractivity contribution in [2.75, 3.05) is 11.1 Å². The highest BCUT2D eigenvalue weighted by Crippen LogP contribution is 2.49. The van der Waals surface area contributed by atoms with Crippen molar-refractivity contribution in [2.24, 2.45) is 5.41 Å². The molecule has 0 aromatic heterocycles. The normalized spacial score (nSPS) is 17.4. The Kier molecular flexibility index (Phi) is 4.97. The van der Waals surface area contributed by atoms with Gasteiger partial charge >= 0.3 is 0 Å². The summed E-state index contributed by atoms with van der Waals surface area (Å²) in [5.41, 5.74) is 0.948. The third-order valence-electron chi connectivity index (χ3n) is 3.86. The minimum absolute atomic E-state index is 0.0669. The standard InChI is InChI=1S/C16H23NO2S/c1-3-12(2)19-14-6-4-5-13(9-14)17-15(18)10-16(11-20)7-8-16/h4-6,9,12,20H,3,7-8,10-11H2,1-2H3,(H,17,18). The summed E-state index contributed by atoms with van der Waals surface area (Å²) in [7, 11) is 0. The van der Waals surface area contributed by atoms with Gasteiger partial charge in [0.05, 0.1) is 6.10 Å². The van der Waals surface area contributed by atoms with Crippen LogP contribution in [0.3, 0.4) is 0 Å². The average Bonchev–Trinajstić information content (AvgIpc) is 3.19. The van der Waals surface area contributed by atoms with Crippen LogP contribution in [0.25, 0.3) is 0 Å². The monoisotopic (exact) mass is 293 g/mol. The third kappa shape index (κ3) is 4.17. The summed E-state index contributed by atoms with van der Waals surface area (Å²) < 4.78 is 5.76. The molecular weight excluding hydrogens is 270 g/mol. The number of ether oxygens (including phenoxy) is 1. The lowest BCUT2D eigenvalue weighted by Gasteiger charge is -2.15. The fourth-order valence-electron chi connectivity index (χ4n) is 2.08. The van der Waals surface area contributed by atoms with Gasteiger partial charge in [0.25, 0.3) is 0 Å². The number of amides is 1. The van der Waals surface area contributed by atoms with E-state index in [0.717, 1.165) is 36.5 Å². The second kappa shape index (κ2) is 6.53. The number of nitrogens with one attached hydrogen (secondary N) is 1. The van der Waals surface area contributed by atoms with Gasteiger partial charge in [-0.15, -0.1) is 0 Å². The van der Waals surface area contributed by atoms with Crippen molar-refractivity contribution in [2.45, 2.75) is 45.6 Å². The van der Waals surface area contributed by atoms with Crippen molar-refractivity contribution in [3.05, 3.63) is 24.3 Å². The molecule has 0 spiro atoms. The molecule has 3 nitrogen and oxygen atoms in total. The highest BCUT2D eigenvalue weighted by atomic mass is 32.1. The molecule has 1 atom stereocenters. The van der Waals surface area contributed by atoms with Gasteiger partial charge in [-0.05, 0) is 49.5 Å². The van der Waals surface area contributed by atoms with Crippen molar-refractivity contribution in [1.29, 1.82) is 0 Å². The van der Waals surface area contributed by atoms with Crippen molar-refractivity contribution in [3.8, 4) is 5.75 Å². The van der Waals surface area contributed by atoms with E-state index in [0.29, 0.717) is 6.42 Å². The molecule has 0 saturated heterocycles. The Morgan fingerprint density at radius 2 is 2.25 bits per heavy atom. The van der Waals surface area contributed by atoms with Crippen LogP contribution in [0, 0.1) is 5.41 Å². The maximum Gasteiger partial charge on any atom is 0.224 e. The van der Waals surface area contributed by atoms with Crippen LogP contribution in [-0.2, 0) is 4.79 Å². The smallest absolute Gasteiger partial charge is 0.224 e. The Bertz CT molecular complexity index is 471. The molecule has 0 heterocycles. The largest absolute Gasteiger partial charge is 0.491 e. The molecule has 1 aliphatic rings. The summed E-state index contributed by atoms with van der Waals surface area (Å²) in [6.45, 7) is 4.12. The van der Waals surface area contributed by atoms with Crippen molar-refractivity contribution in [3.63, 3.8) is 0 Å². The van der Waals surface area contributed by atoms with Gasteiger partial charge in [-0.1, -0.05) is 13.0 Å². The summed E-state index contributed by atoms with van der Waals surface area (Å²) in [4.78, 5) is 12.0. The molecule has 1 unspecified atom stereocenters. The second-order valence-electron chi connectivity index (χ2n) is 5.75. The Morgan fingerprint density at radius 1 is 1.50 bits per heavy atom. The molecule has 0 aliphatic heterocycles. The lowest BCUT2D eigenvalue weighted by atomic mass is 10.1. The molecule has 20 heavy (non-hydrogen) atoms. The number of carbonyl (C=O) groups excluding carboxylic acids is 1. The first-order valence-corrected chi connectivity index (χ1v) is 7.87. The number of rotatable bonds is 7. The predicted molar refractivity (Wildman–Crippen MR) is 85.6 cm³/mol. The number of benzene rings is 1. The van der Waals surface area contributed by atoms with E-state index in [1.165, 1.54) is 0 Å². The van der Waals surface area contributed by atoms with Gasteiger partial charge in [-0.2, -0.15) is 12.6 Å². The fraction of sp³-hybridized carbons (Fsp3) is 0.562. The van der Waals surface area contributed by atoms with E-state index in [4.69, 9.17) is 4.74 Å². The molecular formula is C16H23NO2S. The first kappa shape index (κ1) is 15.2. The van der Waals surface area contributed by atoms with Gasteiger partial charge in [0, 0.05) is 18.2 Å². The minimum atomic E-state index is 0.0669. The highest BCUT2D eigenvalue weighted by molar-refractivity contribution is 7.80. The molecule has 1 fully saturated rings. The molecule has 1 aromatic rings. The lowest BCUT2D eigenvalue weighted by molar-refractivity contribution is -0.117. The first-order valence-electron chi connectivity index (χ1n) is 7.24. The van der Waals surface area contributed by atoms with E-state index in [9.17, 15) is 4.79 Å². The molecule has 0 bridgehead atoms. The molecule has 110 valence electrons. The van der Waals surface area contributed by atoms with Crippen LogP contribution < -0.4 is 10.1 Å². The van der Waals surface area contributed by atoms with Gasteiger partial charge in [0.1, 0.15) is 5.75 Å². The topological polar surface area (TPSA) is 38.3 Å². The molecule has 1 saturated carbocycles. The van der Waals surface area contributed by atoms with Crippen molar-refractivity contribution < 1.29 is 9.53 Å². The number of carbonyl (C=O) groups is 1. The van der Waals surface area contributed by atoms with Gasteiger partial charge < -0.3 is 10.1 Å². The third-order valence-corrected chi connectivity index (χ3v) is 4.53. The number of thiol groups is 1. The molecule has 2 rings (SSSR count). The van der Waals surface area contributed by atoms with Crippen molar-refractivity contribution >= 4 is 24.2 Å². The Balaban J connectivity index is 1.92. The van der Waals surface area contributed by atoms with Crippen LogP contribution in [0.4, 0.5) is 5.69 Å². The summed E-state index contributed by atoms with van der Waals surface area (Å²) in [6.07, 6.45) is 3.93. The zero-order chi connectivity index (χ0) is 14.6. The second-order valence-corrected chi connectivity index (χ2v) is 6.06. The van der Waals surface area contributed by atoms with Gasteiger partial charge in [-0.25, -0.2) is 0 Å². The Morgan fingerprint density at radius 3 is 2.85 bits per heavy atom. The molecule has 0 radical (unpaired) electrons. The summed E-state index contributed by atoms with van der Waals surface area (Å²) >= 11 is 4.33. The minimum Gasteiger partial charge on any atom is -0.491 e. The number of anilines is 1. The quantitative estimate of drug-likeness (QED) is 0.748. The van der Waals surface area contributed by atoms with E-state index < -0.39 is 0 Å². The van der Waals surface area contributed by atoms with Crippen LogP contribution in [0.5, 0.6) is 5.75 Å². The van der Waals surface area contributed by atoms with Crippen molar-refractivity contribution in [1.82, 2.24) is 0 Å². The summed E-state index contributed by atoms with van der Waals surface area (Å²) in [5.74, 6) is 1.65. The maximum atomic E-state index is 12.0. The zero-order valence-corrected chi connectivity index (χ0v) is 13.1. The predicted octanol–water partition coefficient (Wildman–Crippen LogP) is 3.90. The molecule has 1 N–H and O–H groups in total. The highest BCUT2D eigenvalue weighted by Gasteiger charge is 2.42. The van der Waals surface area contributed by atoms with Crippen LogP contribution in [0.2, 0.25) is 0 Å². The molecule has 1 aliphatic carbocycles.